The minimum Gasteiger partial charge on any atom is -0.482 e. The number of aldehydes is 1. The van der Waals surface area contributed by atoms with Crippen molar-refractivity contribution in [1.82, 2.24) is 0 Å². The minimum absolute atomic E-state index is 0.231. The van der Waals surface area contributed by atoms with Crippen LogP contribution in [0.5, 0.6) is 5.75 Å². The molecule has 0 radical (unpaired) electrons. The zero-order valence-corrected chi connectivity index (χ0v) is 13.7. The van der Waals surface area contributed by atoms with Crippen LogP contribution in [0.25, 0.3) is 0 Å². The van der Waals surface area contributed by atoms with E-state index in [-0.39, 0.29) is 5.69 Å². The number of ether oxygens (including phenoxy) is 2. The van der Waals surface area contributed by atoms with Crippen molar-refractivity contribution in [3.8, 4) is 5.75 Å². The summed E-state index contributed by atoms with van der Waals surface area (Å²) >= 11 is 0. The number of esters is 1. The predicted octanol–water partition coefficient (Wildman–Crippen LogP) is 2.73. The number of anilines is 1. The summed E-state index contributed by atoms with van der Waals surface area (Å²) in [6.07, 6.45) is -0.546. The standard InChI is InChI=1S/C18H15F2NO5/c1-11(18(24)21-16-7-4-13(19)8-15(16)20)26-17(23)10-25-14-5-2-12(9-22)3-6-14/h2-9,11H,10H2,1H3,(H,21,24)/t11-/m1/s1. The monoisotopic (exact) mass is 363 g/mol. The summed E-state index contributed by atoms with van der Waals surface area (Å²) in [6.45, 7) is 0.844. The lowest BCUT2D eigenvalue weighted by Crippen LogP contribution is -2.32. The molecule has 1 amide bonds. The highest BCUT2D eigenvalue weighted by Gasteiger charge is 2.19. The highest BCUT2D eigenvalue weighted by atomic mass is 19.1. The molecular weight excluding hydrogens is 348 g/mol. The van der Waals surface area contributed by atoms with Crippen LogP contribution < -0.4 is 10.1 Å². The second kappa shape index (κ2) is 8.70. The molecule has 0 fully saturated rings. The van der Waals surface area contributed by atoms with Crippen molar-refractivity contribution in [1.29, 1.82) is 0 Å². The molecule has 0 aliphatic carbocycles. The molecule has 0 aliphatic rings. The second-order valence-corrected chi connectivity index (χ2v) is 5.22. The molecule has 8 heteroatoms. The van der Waals surface area contributed by atoms with Gasteiger partial charge in [0.15, 0.2) is 12.7 Å². The van der Waals surface area contributed by atoms with Crippen molar-refractivity contribution in [3.63, 3.8) is 0 Å². The summed E-state index contributed by atoms with van der Waals surface area (Å²) in [6, 6.07) is 8.70. The lowest BCUT2D eigenvalue weighted by Gasteiger charge is -2.14. The Labute approximate surface area is 147 Å². The molecular formula is C18H15F2NO5. The van der Waals surface area contributed by atoms with E-state index in [0.717, 1.165) is 12.1 Å². The fourth-order valence-electron chi connectivity index (χ4n) is 1.89. The first kappa shape index (κ1) is 19.0. The largest absolute Gasteiger partial charge is 0.482 e. The molecule has 0 saturated heterocycles. The van der Waals surface area contributed by atoms with Gasteiger partial charge in [0, 0.05) is 11.6 Å². The maximum absolute atomic E-state index is 13.5. The Kier molecular flexibility index (Phi) is 6.37. The molecule has 2 aromatic carbocycles. The van der Waals surface area contributed by atoms with Crippen LogP contribution in [0, 0.1) is 11.6 Å². The molecule has 26 heavy (non-hydrogen) atoms. The molecule has 0 bridgehead atoms. The normalized spacial score (nSPS) is 11.3. The Morgan fingerprint density at radius 3 is 2.46 bits per heavy atom. The highest BCUT2D eigenvalue weighted by molar-refractivity contribution is 5.95. The van der Waals surface area contributed by atoms with E-state index in [1.807, 2.05) is 0 Å². The molecule has 2 rings (SSSR count). The van der Waals surface area contributed by atoms with Crippen LogP contribution in [0.2, 0.25) is 0 Å². The lowest BCUT2D eigenvalue weighted by molar-refractivity contribution is -0.155. The average Bonchev–Trinajstić information content (AvgIpc) is 2.62. The average molecular weight is 363 g/mol. The third-order valence-corrected chi connectivity index (χ3v) is 3.24. The molecule has 136 valence electrons. The van der Waals surface area contributed by atoms with Gasteiger partial charge in [-0.1, -0.05) is 0 Å². The number of benzene rings is 2. The Bertz CT molecular complexity index is 808. The zero-order valence-electron chi connectivity index (χ0n) is 13.7. The Hall–Kier alpha value is -3.29. The van der Waals surface area contributed by atoms with Crippen LogP contribution in [-0.4, -0.2) is 30.9 Å². The van der Waals surface area contributed by atoms with Crippen LogP contribution >= 0.6 is 0 Å². The minimum atomic E-state index is -1.21. The van der Waals surface area contributed by atoms with Gasteiger partial charge >= 0.3 is 5.97 Å². The first-order valence-electron chi connectivity index (χ1n) is 7.52. The third-order valence-electron chi connectivity index (χ3n) is 3.24. The van der Waals surface area contributed by atoms with E-state index in [4.69, 9.17) is 9.47 Å². The van der Waals surface area contributed by atoms with Crippen molar-refractivity contribution in [3.05, 3.63) is 59.7 Å². The summed E-state index contributed by atoms with van der Waals surface area (Å²) < 4.78 is 36.4. The van der Waals surface area contributed by atoms with Gasteiger partial charge in [0.1, 0.15) is 23.7 Å². The van der Waals surface area contributed by atoms with Gasteiger partial charge in [-0.2, -0.15) is 0 Å². The maximum Gasteiger partial charge on any atom is 0.344 e. The van der Waals surface area contributed by atoms with Gasteiger partial charge in [0.05, 0.1) is 5.69 Å². The number of carbonyl (C=O) groups excluding carboxylic acids is 3. The van der Waals surface area contributed by atoms with Crippen molar-refractivity contribution in [2.24, 2.45) is 0 Å². The van der Waals surface area contributed by atoms with Crippen molar-refractivity contribution < 1.29 is 32.6 Å². The van der Waals surface area contributed by atoms with Crippen molar-refractivity contribution in [2.45, 2.75) is 13.0 Å². The van der Waals surface area contributed by atoms with Gasteiger partial charge in [-0.25, -0.2) is 13.6 Å². The van der Waals surface area contributed by atoms with Gasteiger partial charge in [-0.15, -0.1) is 0 Å². The van der Waals surface area contributed by atoms with E-state index in [1.165, 1.54) is 31.2 Å². The molecule has 0 spiro atoms. The molecule has 0 aromatic heterocycles. The number of hydrogen-bond donors (Lipinski definition) is 1. The first-order valence-corrected chi connectivity index (χ1v) is 7.52. The van der Waals surface area contributed by atoms with Crippen LogP contribution in [0.1, 0.15) is 17.3 Å². The van der Waals surface area contributed by atoms with E-state index < -0.39 is 36.2 Å². The number of halogens is 2. The lowest BCUT2D eigenvalue weighted by atomic mass is 10.2. The number of rotatable bonds is 7. The Morgan fingerprint density at radius 2 is 1.85 bits per heavy atom. The van der Waals surface area contributed by atoms with E-state index >= 15 is 0 Å². The van der Waals surface area contributed by atoms with Gasteiger partial charge in [0.25, 0.3) is 5.91 Å². The summed E-state index contributed by atoms with van der Waals surface area (Å²) in [7, 11) is 0. The van der Waals surface area contributed by atoms with Crippen LogP contribution in [0.3, 0.4) is 0 Å². The molecule has 6 nitrogen and oxygen atoms in total. The van der Waals surface area contributed by atoms with Crippen molar-refractivity contribution >= 4 is 23.9 Å². The zero-order chi connectivity index (χ0) is 19.1. The molecule has 0 unspecified atom stereocenters. The molecule has 1 atom stereocenters. The molecule has 2 aromatic rings. The fourth-order valence-corrected chi connectivity index (χ4v) is 1.89. The number of carbonyl (C=O) groups is 3. The van der Waals surface area contributed by atoms with E-state index in [9.17, 15) is 23.2 Å². The van der Waals surface area contributed by atoms with E-state index in [0.29, 0.717) is 23.7 Å². The van der Waals surface area contributed by atoms with E-state index in [1.54, 1.807) is 0 Å². The van der Waals surface area contributed by atoms with Gasteiger partial charge < -0.3 is 14.8 Å². The summed E-state index contributed by atoms with van der Waals surface area (Å²) in [5, 5.41) is 2.20. The fraction of sp³-hybridized carbons (Fsp3) is 0.167. The molecule has 1 N–H and O–H groups in total. The SMILES string of the molecule is C[C@@H](OC(=O)COc1ccc(C=O)cc1)C(=O)Nc1ccc(F)cc1F. The Morgan fingerprint density at radius 1 is 1.15 bits per heavy atom. The summed E-state index contributed by atoms with van der Waals surface area (Å²) in [4.78, 5) is 34.2. The summed E-state index contributed by atoms with van der Waals surface area (Å²) in [5.41, 5.74) is 0.226. The van der Waals surface area contributed by atoms with E-state index in [2.05, 4.69) is 5.32 Å². The third kappa shape index (κ3) is 5.37. The maximum atomic E-state index is 13.5. The number of amides is 1. The van der Waals surface area contributed by atoms with Crippen LogP contribution in [0.15, 0.2) is 42.5 Å². The van der Waals surface area contributed by atoms with Crippen LogP contribution in [-0.2, 0) is 14.3 Å². The number of hydrogen-bond acceptors (Lipinski definition) is 5. The van der Waals surface area contributed by atoms with Crippen LogP contribution in [0.4, 0.5) is 14.5 Å². The molecule has 0 saturated carbocycles. The molecule has 0 aliphatic heterocycles. The number of nitrogens with one attached hydrogen (secondary N) is 1. The van der Waals surface area contributed by atoms with Crippen molar-refractivity contribution in [2.75, 3.05) is 11.9 Å². The first-order chi connectivity index (χ1) is 12.4. The smallest absolute Gasteiger partial charge is 0.344 e. The predicted molar refractivity (Wildman–Crippen MR) is 87.9 cm³/mol. The second-order valence-electron chi connectivity index (χ2n) is 5.22. The van der Waals surface area contributed by atoms with Gasteiger partial charge in [-0.3, -0.25) is 9.59 Å². The Balaban J connectivity index is 1.83. The molecule has 0 heterocycles. The topological polar surface area (TPSA) is 81.7 Å². The van der Waals surface area contributed by atoms with Gasteiger partial charge in [0.2, 0.25) is 0 Å². The highest BCUT2D eigenvalue weighted by Crippen LogP contribution is 2.15. The summed E-state index contributed by atoms with van der Waals surface area (Å²) in [5.74, 6) is -2.97. The quantitative estimate of drug-likeness (QED) is 0.604. The van der Waals surface area contributed by atoms with Gasteiger partial charge in [-0.05, 0) is 43.3 Å².